The van der Waals surface area contributed by atoms with E-state index in [1.54, 1.807) is 24.3 Å². The first-order valence-electron chi connectivity index (χ1n) is 5.96. The molecule has 0 saturated carbocycles. The van der Waals surface area contributed by atoms with E-state index >= 15 is 0 Å². The summed E-state index contributed by atoms with van der Waals surface area (Å²) < 4.78 is 37.0. The van der Waals surface area contributed by atoms with E-state index in [2.05, 4.69) is 4.98 Å². The van der Waals surface area contributed by atoms with E-state index in [4.69, 9.17) is 0 Å². The molecule has 21 heavy (non-hydrogen) atoms. The average Bonchev–Trinajstić information content (AvgIpc) is 2.96. The van der Waals surface area contributed by atoms with E-state index in [1.165, 1.54) is 17.5 Å². The number of nitrogens with zero attached hydrogens (tertiary/aromatic N) is 1. The molecule has 2 aromatic rings. The van der Waals surface area contributed by atoms with Crippen LogP contribution in [-0.2, 0) is 0 Å². The number of carbonyl (C=O) groups excluding carboxylic acids is 1. The van der Waals surface area contributed by atoms with Gasteiger partial charge in [-0.3, -0.25) is 4.79 Å². The molecule has 0 N–H and O–H groups in total. The molecular weight excluding hydrogens is 319 g/mol. The van der Waals surface area contributed by atoms with Crippen LogP contribution in [0.25, 0.3) is 0 Å². The second kappa shape index (κ2) is 7.42. The monoisotopic (exact) mass is 329 g/mol. The first-order chi connectivity index (χ1) is 10.1. The van der Waals surface area contributed by atoms with Gasteiger partial charge in [0.1, 0.15) is 0 Å². The smallest absolute Gasteiger partial charge is 0.288 e. The number of benzene rings is 1. The Morgan fingerprint density at radius 3 is 2.57 bits per heavy atom. The van der Waals surface area contributed by atoms with Gasteiger partial charge in [0.2, 0.25) is 5.78 Å². The molecule has 0 unspecified atom stereocenters. The standard InChI is InChI=1S/C14H10F3NOS2/c15-10(13(16)17)6-7-20-14-18-8-11(21-14)12(19)9-4-2-1-3-5-9/h1-5,8H,6-7H2. The SMILES string of the molecule is O=C(c1ccccc1)c1cnc(SCCC(F)=C(F)F)s1. The molecule has 2 nitrogen and oxygen atoms in total. The normalized spacial score (nSPS) is 10.4. The first kappa shape index (κ1) is 15.8. The minimum absolute atomic E-state index is 0.138. The number of hydrogen-bond donors (Lipinski definition) is 0. The van der Waals surface area contributed by atoms with Crippen LogP contribution in [0.1, 0.15) is 21.7 Å². The van der Waals surface area contributed by atoms with Gasteiger partial charge in [-0.1, -0.05) is 42.1 Å². The van der Waals surface area contributed by atoms with Gasteiger partial charge in [-0.2, -0.15) is 8.78 Å². The van der Waals surface area contributed by atoms with Gasteiger partial charge in [0.25, 0.3) is 0 Å². The van der Waals surface area contributed by atoms with Crippen LogP contribution in [-0.4, -0.2) is 16.5 Å². The molecule has 7 heteroatoms. The van der Waals surface area contributed by atoms with Crippen molar-refractivity contribution in [2.45, 2.75) is 10.8 Å². The second-order valence-corrected chi connectivity index (χ2v) is 6.32. The van der Waals surface area contributed by atoms with Crippen molar-refractivity contribution < 1.29 is 18.0 Å². The Morgan fingerprint density at radius 2 is 1.90 bits per heavy atom. The highest BCUT2D eigenvalue weighted by molar-refractivity contribution is 8.01. The lowest BCUT2D eigenvalue weighted by molar-refractivity contribution is 0.104. The van der Waals surface area contributed by atoms with E-state index in [0.717, 1.165) is 11.8 Å². The van der Waals surface area contributed by atoms with Crippen molar-refractivity contribution >= 4 is 28.9 Å². The van der Waals surface area contributed by atoms with Crippen LogP contribution in [0.2, 0.25) is 0 Å². The fourth-order valence-electron chi connectivity index (χ4n) is 1.48. The van der Waals surface area contributed by atoms with Crippen molar-refractivity contribution in [3.63, 3.8) is 0 Å². The number of allylic oxidation sites excluding steroid dienone is 1. The Balaban J connectivity index is 1.96. The van der Waals surface area contributed by atoms with E-state index < -0.39 is 11.9 Å². The lowest BCUT2D eigenvalue weighted by Crippen LogP contribution is -1.97. The predicted molar refractivity (Wildman–Crippen MR) is 77.7 cm³/mol. The van der Waals surface area contributed by atoms with Crippen LogP contribution >= 0.6 is 23.1 Å². The highest BCUT2D eigenvalue weighted by Crippen LogP contribution is 2.28. The zero-order valence-corrected chi connectivity index (χ0v) is 12.3. The summed E-state index contributed by atoms with van der Waals surface area (Å²) in [6.07, 6.45) is -1.19. The van der Waals surface area contributed by atoms with Crippen LogP contribution in [0.5, 0.6) is 0 Å². The molecule has 0 radical (unpaired) electrons. The number of carbonyl (C=O) groups is 1. The molecule has 110 valence electrons. The minimum atomic E-state index is -2.28. The van der Waals surface area contributed by atoms with E-state index in [-0.39, 0.29) is 18.0 Å². The van der Waals surface area contributed by atoms with Crippen LogP contribution < -0.4 is 0 Å². The van der Waals surface area contributed by atoms with Crippen molar-refractivity contribution in [2.75, 3.05) is 5.75 Å². The molecule has 0 aliphatic rings. The van der Waals surface area contributed by atoms with Crippen LogP contribution in [0, 0.1) is 0 Å². The highest BCUT2D eigenvalue weighted by atomic mass is 32.2. The molecule has 2 rings (SSSR count). The number of hydrogen-bond acceptors (Lipinski definition) is 4. The summed E-state index contributed by atoms with van der Waals surface area (Å²) in [5.41, 5.74) is 0.561. The Hall–Kier alpha value is -1.60. The molecule has 0 spiro atoms. The number of aromatic nitrogens is 1. The third-order valence-electron chi connectivity index (χ3n) is 2.50. The zero-order chi connectivity index (χ0) is 15.2. The van der Waals surface area contributed by atoms with Crippen LogP contribution in [0.4, 0.5) is 13.2 Å². The number of thioether (sulfide) groups is 1. The van der Waals surface area contributed by atoms with E-state index in [9.17, 15) is 18.0 Å². The Bertz CT molecular complexity index is 651. The molecule has 0 bridgehead atoms. The maximum absolute atomic E-state index is 12.6. The van der Waals surface area contributed by atoms with Gasteiger partial charge in [0, 0.05) is 17.7 Å². The fraction of sp³-hybridized carbons (Fsp3) is 0.143. The molecular formula is C14H10F3NOS2. The van der Waals surface area contributed by atoms with Crippen LogP contribution in [0.15, 0.2) is 52.8 Å². The fourth-order valence-corrected chi connectivity index (χ4v) is 3.43. The Morgan fingerprint density at radius 1 is 1.19 bits per heavy atom. The van der Waals surface area contributed by atoms with Crippen molar-refractivity contribution in [2.24, 2.45) is 0 Å². The summed E-state index contributed by atoms with van der Waals surface area (Å²) in [6, 6.07) is 8.77. The molecule has 0 aliphatic carbocycles. The van der Waals surface area contributed by atoms with Gasteiger partial charge in [-0.15, -0.1) is 11.3 Å². The minimum Gasteiger partial charge on any atom is -0.288 e. The molecule has 1 aromatic carbocycles. The van der Waals surface area contributed by atoms with Gasteiger partial charge in [0.05, 0.1) is 11.1 Å². The average molecular weight is 329 g/mol. The molecule has 0 atom stereocenters. The number of ketones is 1. The number of thiazole rings is 1. The van der Waals surface area contributed by atoms with Crippen molar-refractivity contribution in [1.29, 1.82) is 0 Å². The molecule has 0 fully saturated rings. The lowest BCUT2D eigenvalue weighted by Gasteiger charge is -1.96. The van der Waals surface area contributed by atoms with Crippen molar-refractivity contribution in [3.8, 4) is 0 Å². The largest absolute Gasteiger partial charge is 0.301 e. The summed E-state index contributed by atoms with van der Waals surface area (Å²) in [5, 5.41) is 0. The molecule has 0 saturated heterocycles. The van der Waals surface area contributed by atoms with Gasteiger partial charge >= 0.3 is 6.08 Å². The molecule has 0 aliphatic heterocycles. The van der Waals surface area contributed by atoms with E-state index in [1.807, 2.05) is 6.07 Å². The third-order valence-corrected chi connectivity index (χ3v) is 4.65. The van der Waals surface area contributed by atoms with Gasteiger partial charge < -0.3 is 0 Å². The topological polar surface area (TPSA) is 30.0 Å². The summed E-state index contributed by atoms with van der Waals surface area (Å²) in [5.74, 6) is -1.39. The van der Waals surface area contributed by atoms with Crippen molar-refractivity contribution in [3.05, 3.63) is 58.9 Å². The Kier molecular flexibility index (Phi) is 5.58. The summed E-state index contributed by atoms with van der Waals surface area (Å²) in [6.45, 7) is 0. The zero-order valence-electron chi connectivity index (χ0n) is 10.7. The summed E-state index contributed by atoms with van der Waals surface area (Å²) in [7, 11) is 0. The summed E-state index contributed by atoms with van der Waals surface area (Å²) >= 11 is 2.32. The van der Waals surface area contributed by atoms with Crippen molar-refractivity contribution in [1.82, 2.24) is 4.98 Å². The predicted octanol–water partition coefficient (Wildman–Crippen LogP) is 4.93. The van der Waals surface area contributed by atoms with Gasteiger partial charge in [-0.25, -0.2) is 9.37 Å². The number of halogens is 3. The molecule has 0 amide bonds. The summed E-state index contributed by atoms with van der Waals surface area (Å²) in [4.78, 5) is 16.6. The molecule has 1 aromatic heterocycles. The third kappa shape index (κ3) is 4.44. The first-order valence-corrected chi connectivity index (χ1v) is 7.76. The van der Waals surface area contributed by atoms with Gasteiger partial charge in [0.15, 0.2) is 10.2 Å². The lowest BCUT2D eigenvalue weighted by atomic mass is 10.1. The maximum atomic E-state index is 12.6. The highest BCUT2D eigenvalue weighted by Gasteiger charge is 2.13. The maximum Gasteiger partial charge on any atom is 0.301 e. The number of rotatable bonds is 6. The molecule has 1 heterocycles. The second-order valence-electron chi connectivity index (χ2n) is 3.95. The quantitative estimate of drug-likeness (QED) is 0.556. The van der Waals surface area contributed by atoms with Gasteiger partial charge in [-0.05, 0) is 0 Å². The van der Waals surface area contributed by atoms with Crippen LogP contribution in [0.3, 0.4) is 0 Å². The van der Waals surface area contributed by atoms with E-state index in [0.29, 0.717) is 14.8 Å². The Labute approximate surface area is 127 Å².